The van der Waals surface area contributed by atoms with Gasteiger partial charge in [-0.25, -0.2) is 9.48 Å². The Kier molecular flexibility index (Phi) is 5.63. The highest BCUT2D eigenvalue weighted by atomic mass is 35.5. The number of nitro benzene ring substituents is 1. The molecule has 0 unspecified atom stereocenters. The SMILES string of the molecule is O=C(/C=C/c1ccc(Cl)c([N+](=O)[O-])c1)OCc1ccc(-n2cccn2)cc1. The van der Waals surface area contributed by atoms with Crippen LogP contribution in [0.25, 0.3) is 11.8 Å². The summed E-state index contributed by atoms with van der Waals surface area (Å²) in [7, 11) is 0. The first-order valence-corrected chi connectivity index (χ1v) is 8.28. The van der Waals surface area contributed by atoms with Gasteiger partial charge in [0.1, 0.15) is 11.6 Å². The van der Waals surface area contributed by atoms with Gasteiger partial charge in [0.05, 0.1) is 10.6 Å². The molecule has 0 N–H and O–H groups in total. The molecule has 0 radical (unpaired) electrons. The predicted molar refractivity (Wildman–Crippen MR) is 101 cm³/mol. The molecule has 7 nitrogen and oxygen atoms in total. The van der Waals surface area contributed by atoms with E-state index in [0.717, 1.165) is 11.3 Å². The summed E-state index contributed by atoms with van der Waals surface area (Å²) in [6, 6.07) is 13.5. The Labute approximate surface area is 159 Å². The zero-order valence-corrected chi connectivity index (χ0v) is 14.7. The fourth-order valence-electron chi connectivity index (χ4n) is 2.31. The molecule has 0 aliphatic heterocycles. The number of rotatable bonds is 6. The van der Waals surface area contributed by atoms with E-state index in [-0.39, 0.29) is 17.3 Å². The van der Waals surface area contributed by atoms with Gasteiger partial charge in [0.15, 0.2) is 0 Å². The maximum atomic E-state index is 11.8. The van der Waals surface area contributed by atoms with Crippen LogP contribution in [-0.2, 0) is 16.1 Å². The number of aromatic nitrogens is 2. The van der Waals surface area contributed by atoms with E-state index in [4.69, 9.17) is 16.3 Å². The molecular weight excluding hydrogens is 370 g/mol. The van der Waals surface area contributed by atoms with Gasteiger partial charge in [-0.3, -0.25) is 10.1 Å². The summed E-state index contributed by atoms with van der Waals surface area (Å²) in [6.07, 6.45) is 6.18. The minimum atomic E-state index is -0.578. The highest BCUT2D eigenvalue weighted by Gasteiger charge is 2.11. The third kappa shape index (κ3) is 4.80. The average molecular weight is 384 g/mol. The zero-order chi connectivity index (χ0) is 19.2. The fourth-order valence-corrected chi connectivity index (χ4v) is 2.49. The molecule has 0 amide bonds. The van der Waals surface area contributed by atoms with E-state index >= 15 is 0 Å². The van der Waals surface area contributed by atoms with Crippen molar-refractivity contribution in [3.63, 3.8) is 0 Å². The summed E-state index contributed by atoms with van der Waals surface area (Å²) < 4.78 is 6.90. The van der Waals surface area contributed by atoms with E-state index < -0.39 is 10.9 Å². The number of hydrogen-bond acceptors (Lipinski definition) is 5. The van der Waals surface area contributed by atoms with Crippen LogP contribution in [0.2, 0.25) is 5.02 Å². The smallest absolute Gasteiger partial charge is 0.331 e. The van der Waals surface area contributed by atoms with Gasteiger partial charge < -0.3 is 4.74 Å². The minimum Gasteiger partial charge on any atom is -0.458 e. The highest BCUT2D eigenvalue weighted by molar-refractivity contribution is 6.32. The van der Waals surface area contributed by atoms with Crippen molar-refractivity contribution in [2.45, 2.75) is 6.61 Å². The summed E-state index contributed by atoms with van der Waals surface area (Å²) >= 11 is 5.75. The zero-order valence-electron chi connectivity index (χ0n) is 14.0. The second-order valence-corrected chi connectivity index (χ2v) is 5.93. The lowest BCUT2D eigenvalue weighted by atomic mass is 10.2. The van der Waals surface area contributed by atoms with Crippen molar-refractivity contribution in [2.75, 3.05) is 0 Å². The van der Waals surface area contributed by atoms with Crippen LogP contribution in [0.4, 0.5) is 5.69 Å². The second-order valence-electron chi connectivity index (χ2n) is 5.53. The maximum absolute atomic E-state index is 11.8. The van der Waals surface area contributed by atoms with Crippen LogP contribution in [-0.4, -0.2) is 20.7 Å². The monoisotopic (exact) mass is 383 g/mol. The number of hydrogen-bond donors (Lipinski definition) is 0. The van der Waals surface area contributed by atoms with Crippen LogP contribution in [0, 0.1) is 10.1 Å². The molecule has 3 aromatic rings. The van der Waals surface area contributed by atoms with Crippen molar-refractivity contribution in [2.24, 2.45) is 0 Å². The van der Waals surface area contributed by atoms with Crippen molar-refractivity contribution in [1.82, 2.24) is 9.78 Å². The average Bonchev–Trinajstić information content (AvgIpc) is 3.20. The van der Waals surface area contributed by atoms with E-state index in [1.54, 1.807) is 16.9 Å². The molecule has 0 bridgehead atoms. The molecule has 0 fully saturated rings. The van der Waals surface area contributed by atoms with Crippen molar-refractivity contribution < 1.29 is 14.5 Å². The van der Waals surface area contributed by atoms with Crippen LogP contribution in [0.3, 0.4) is 0 Å². The first-order valence-electron chi connectivity index (χ1n) is 7.90. The molecule has 0 saturated heterocycles. The molecule has 0 aliphatic carbocycles. The first kappa shape index (κ1) is 18.3. The first-order chi connectivity index (χ1) is 13.0. The molecule has 1 heterocycles. The largest absolute Gasteiger partial charge is 0.458 e. The van der Waals surface area contributed by atoms with E-state index in [2.05, 4.69) is 5.10 Å². The number of carbonyl (C=O) groups excluding carboxylic acids is 1. The van der Waals surface area contributed by atoms with Gasteiger partial charge in [-0.1, -0.05) is 29.8 Å². The lowest BCUT2D eigenvalue weighted by molar-refractivity contribution is -0.384. The number of carbonyl (C=O) groups is 1. The predicted octanol–water partition coefficient (Wildman–Crippen LogP) is 4.19. The van der Waals surface area contributed by atoms with Crippen LogP contribution >= 0.6 is 11.6 Å². The molecule has 136 valence electrons. The molecule has 0 saturated carbocycles. The number of benzene rings is 2. The van der Waals surface area contributed by atoms with E-state index in [1.807, 2.05) is 36.5 Å². The minimum absolute atomic E-state index is 0.0401. The Morgan fingerprint density at radius 1 is 1.26 bits per heavy atom. The lowest BCUT2D eigenvalue weighted by Crippen LogP contribution is -2.01. The van der Waals surface area contributed by atoms with Crippen LogP contribution in [0.15, 0.2) is 67.0 Å². The molecule has 1 aromatic heterocycles. The Hall–Kier alpha value is -3.45. The van der Waals surface area contributed by atoms with Crippen molar-refractivity contribution >= 4 is 29.3 Å². The number of nitrogens with zero attached hydrogens (tertiary/aromatic N) is 3. The van der Waals surface area contributed by atoms with Gasteiger partial charge in [-0.2, -0.15) is 5.10 Å². The summed E-state index contributed by atoms with van der Waals surface area (Å²) in [5.74, 6) is -0.552. The normalized spacial score (nSPS) is 10.9. The molecule has 2 aromatic carbocycles. The van der Waals surface area contributed by atoms with Gasteiger partial charge >= 0.3 is 5.97 Å². The molecule has 3 rings (SSSR count). The van der Waals surface area contributed by atoms with Gasteiger partial charge in [0, 0.05) is 24.5 Å². The van der Waals surface area contributed by atoms with E-state index in [9.17, 15) is 14.9 Å². The van der Waals surface area contributed by atoms with Crippen molar-refractivity contribution in [3.05, 3.63) is 93.3 Å². The van der Waals surface area contributed by atoms with Crippen LogP contribution in [0.5, 0.6) is 0 Å². The van der Waals surface area contributed by atoms with Gasteiger partial charge in [-0.05, 0) is 41.5 Å². The van der Waals surface area contributed by atoms with Crippen LogP contribution in [0.1, 0.15) is 11.1 Å². The van der Waals surface area contributed by atoms with Crippen molar-refractivity contribution in [1.29, 1.82) is 0 Å². The summed E-state index contributed by atoms with van der Waals surface area (Å²) in [4.78, 5) is 22.1. The summed E-state index contributed by atoms with van der Waals surface area (Å²) in [5, 5.41) is 15.0. The molecule has 27 heavy (non-hydrogen) atoms. The molecule has 0 aliphatic rings. The fraction of sp³-hybridized carbons (Fsp3) is 0.0526. The number of nitro groups is 1. The molecule has 0 spiro atoms. The third-order valence-electron chi connectivity index (χ3n) is 3.67. The second kappa shape index (κ2) is 8.29. The van der Waals surface area contributed by atoms with Crippen molar-refractivity contribution in [3.8, 4) is 5.69 Å². The Morgan fingerprint density at radius 2 is 2.04 bits per heavy atom. The van der Waals surface area contributed by atoms with E-state index in [1.165, 1.54) is 24.3 Å². The Balaban J connectivity index is 1.57. The topological polar surface area (TPSA) is 87.3 Å². The molecule has 8 heteroatoms. The van der Waals surface area contributed by atoms with Gasteiger partial charge in [-0.15, -0.1) is 0 Å². The van der Waals surface area contributed by atoms with E-state index in [0.29, 0.717) is 5.56 Å². The maximum Gasteiger partial charge on any atom is 0.331 e. The van der Waals surface area contributed by atoms with Crippen LogP contribution < -0.4 is 0 Å². The molecule has 0 atom stereocenters. The highest BCUT2D eigenvalue weighted by Crippen LogP contribution is 2.25. The lowest BCUT2D eigenvalue weighted by Gasteiger charge is -2.05. The Bertz CT molecular complexity index is 983. The van der Waals surface area contributed by atoms with Gasteiger partial charge in [0.2, 0.25) is 0 Å². The number of ether oxygens (including phenoxy) is 1. The third-order valence-corrected chi connectivity index (χ3v) is 3.98. The summed E-state index contributed by atoms with van der Waals surface area (Å²) in [5.41, 5.74) is 1.99. The number of esters is 1. The molecular formula is C19H14ClN3O4. The van der Waals surface area contributed by atoms with Gasteiger partial charge in [0.25, 0.3) is 5.69 Å². The number of halogens is 1. The standard InChI is InChI=1S/C19H14ClN3O4/c20-17-8-4-14(12-18(17)23(25)26)5-9-19(24)27-13-15-2-6-16(7-3-15)22-11-1-10-21-22/h1-12H,13H2/b9-5+. The summed E-state index contributed by atoms with van der Waals surface area (Å²) in [6.45, 7) is 0.114. The Morgan fingerprint density at radius 3 is 2.70 bits per heavy atom. The quantitative estimate of drug-likeness (QED) is 0.275.